The summed E-state index contributed by atoms with van der Waals surface area (Å²) in [6, 6.07) is 0. The standard InChI is InChI=1S/C20H26N10O12P2/c21-19-25-15-13(17(31)27-19)23-6-29(15)11-2-1-8(40-11)4-39-44(36,37)42-9-3-12(41-10(9)5-38-43(33,34)35)30-7-24-14-16(30)26-20(22)28-18(14)32/h6-12,33-35H,1-5H2,(H6-,21,22,25,26,27,28,31,32,36,37)/p+1/t8?,9-,10?,11?,12?/m0/s1. The molecule has 0 aliphatic carbocycles. The van der Waals surface area contributed by atoms with Gasteiger partial charge in [0.25, 0.3) is 11.1 Å². The van der Waals surface area contributed by atoms with Gasteiger partial charge in [-0.15, -0.1) is 0 Å². The molecule has 0 bridgehead atoms. The molecule has 6 heterocycles. The first kappa shape index (κ1) is 30.6. The molecule has 10 N–H and O–H groups in total. The molecule has 0 saturated carbocycles. The number of aromatic amines is 2. The molecule has 2 fully saturated rings. The monoisotopic (exact) mass is 661 g/mol. The smallest absolute Gasteiger partial charge is 0.369 e. The van der Waals surface area contributed by atoms with Crippen LogP contribution in [0.15, 0.2) is 22.2 Å². The van der Waals surface area contributed by atoms with Crippen molar-refractivity contribution in [3.05, 3.63) is 33.4 Å². The number of hydrogen-bond acceptors (Lipinski definition) is 17. The Hall–Kier alpha value is -3.40. The van der Waals surface area contributed by atoms with E-state index in [1.165, 1.54) is 21.8 Å². The van der Waals surface area contributed by atoms with Crippen LogP contribution in [0.4, 0.5) is 11.9 Å². The number of anilines is 2. The highest BCUT2D eigenvalue weighted by Crippen LogP contribution is 2.51. The van der Waals surface area contributed by atoms with Crippen molar-refractivity contribution in [2.24, 2.45) is 0 Å². The number of nitrogens with two attached hydrogens (primary N) is 2. The van der Waals surface area contributed by atoms with Crippen molar-refractivity contribution in [3.63, 3.8) is 0 Å². The second kappa shape index (κ2) is 11.5. The van der Waals surface area contributed by atoms with Gasteiger partial charge in [-0.05, 0) is 12.8 Å². The lowest BCUT2D eigenvalue weighted by Crippen LogP contribution is -2.29. The zero-order valence-corrected chi connectivity index (χ0v) is 24.2. The van der Waals surface area contributed by atoms with Gasteiger partial charge in [0.15, 0.2) is 22.3 Å². The largest absolute Gasteiger partial charge is 0.567 e. The number of nitrogens with zero attached hydrogens (tertiary/aromatic N) is 6. The molecule has 6 rings (SSSR count). The molecule has 0 amide bonds. The summed E-state index contributed by atoms with van der Waals surface area (Å²) in [7, 11) is -9.50. The van der Waals surface area contributed by atoms with E-state index in [-0.39, 0.29) is 47.3 Å². The van der Waals surface area contributed by atoms with Gasteiger partial charge >= 0.3 is 16.0 Å². The maximum Gasteiger partial charge on any atom is 0.567 e. The number of aromatic nitrogens is 8. The SMILES string of the molecule is Nc1nc2c(ncn2C2CCC(COP(=O)(O)O[C@H]3CC(n4cnc5c(=O)[nH]c(N)nc54)OC3CO[P+](O)(O)O)O2)c(=O)[nH]1. The van der Waals surface area contributed by atoms with Gasteiger partial charge < -0.3 is 25.8 Å². The highest BCUT2D eigenvalue weighted by Gasteiger charge is 2.46. The van der Waals surface area contributed by atoms with Gasteiger partial charge in [0, 0.05) is 6.42 Å². The molecule has 2 aliphatic heterocycles. The summed E-state index contributed by atoms with van der Waals surface area (Å²) >= 11 is 0. The third kappa shape index (κ3) is 6.36. The molecular formula is C20H27N10O12P2+. The minimum atomic E-state index is -4.80. The minimum Gasteiger partial charge on any atom is -0.369 e. The van der Waals surface area contributed by atoms with Crippen LogP contribution in [-0.2, 0) is 27.6 Å². The van der Waals surface area contributed by atoms with Crippen molar-refractivity contribution < 1.29 is 47.2 Å². The zero-order chi connectivity index (χ0) is 31.4. The first-order valence-corrected chi connectivity index (χ1v) is 16.0. The van der Waals surface area contributed by atoms with Crippen LogP contribution in [0.5, 0.6) is 0 Å². The van der Waals surface area contributed by atoms with Crippen molar-refractivity contribution in [1.29, 1.82) is 0 Å². The van der Waals surface area contributed by atoms with Gasteiger partial charge in [0.1, 0.15) is 31.3 Å². The highest BCUT2D eigenvalue weighted by molar-refractivity contribution is 7.53. The average Bonchev–Trinajstić information content (AvgIpc) is 3.71. The van der Waals surface area contributed by atoms with Crippen LogP contribution in [-0.4, -0.2) is 90.1 Å². The molecular weight excluding hydrogens is 634 g/mol. The molecule has 44 heavy (non-hydrogen) atoms. The molecule has 238 valence electrons. The predicted molar refractivity (Wildman–Crippen MR) is 147 cm³/mol. The summed E-state index contributed by atoms with van der Waals surface area (Å²) < 4.78 is 42.8. The van der Waals surface area contributed by atoms with Crippen LogP contribution >= 0.6 is 16.0 Å². The summed E-state index contributed by atoms with van der Waals surface area (Å²) in [6.07, 6.45) is -1.39. The van der Waals surface area contributed by atoms with Crippen molar-refractivity contribution >= 4 is 50.2 Å². The van der Waals surface area contributed by atoms with Gasteiger partial charge in [-0.25, -0.2) is 14.5 Å². The topological polar surface area (TPSA) is 323 Å². The Bertz CT molecular complexity index is 1850. The van der Waals surface area contributed by atoms with Gasteiger partial charge in [-0.2, -0.15) is 29.2 Å². The highest BCUT2D eigenvalue weighted by atomic mass is 31.2. The minimum absolute atomic E-state index is 0.0493. The molecule has 0 aromatic carbocycles. The Kier molecular flexibility index (Phi) is 8.01. The Morgan fingerprint density at radius 3 is 2.14 bits per heavy atom. The molecule has 4 aromatic heterocycles. The van der Waals surface area contributed by atoms with Crippen LogP contribution in [0.3, 0.4) is 0 Å². The third-order valence-corrected chi connectivity index (χ3v) is 8.40. The average molecular weight is 661 g/mol. The van der Waals surface area contributed by atoms with E-state index in [2.05, 4.69) is 34.4 Å². The van der Waals surface area contributed by atoms with Crippen LogP contribution < -0.4 is 22.6 Å². The van der Waals surface area contributed by atoms with E-state index in [1.807, 2.05) is 0 Å². The van der Waals surface area contributed by atoms with E-state index in [0.717, 1.165) is 0 Å². The van der Waals surface area contributed by atoms with Crippen LogP contribution in [0.25, 0.3) is 22.3 Å². The maximum absolute atomic E-state index is 13.0. The molecule has 6 atom stereocenters. The Morgan fingerprint density at radius 1 is 0.955 bits per heavy atom. The van der Waals surface area contributed by atoms with Crippen molar-refractivity contribution in [1.82, 2.24) is 39.0 Å². The lowest BCUT2D eigenvalue weighted by atomic mass is 10.2. The fourth-order valence-electron chi connectivity index (χ4n) is 5.01. The summed E-state index contributed by atoms with van der Waals surface area (Å²) in [5.41, 5.74) is 10.5. The van der Waals surface area contributed by atoms with Crippen molar-refractivity contribution in [2.45, 2.75) is 50.0 Å². The van der Waals surface area contributed by atoms with Gasteiger partial charge in [0.05, 0.1) is 25.4 Å². The maximum atomic E-state index is 13.0. The molecule has 2 saturated heterocycles. The predicted octanol–water partition coefficient (Wildman–Crippen LogP) is -1.44. The number of ether oxygens (including phenoxy) is 2. The second-order valence-corrected chi connectivity index (χ2v) is 12.6. The molecule has 0 radical (unpaired) electrons. The Labute approximate surface area is 244 Å². The van der Waals surface area contributed by atoms with E-state index in [4.69, 9.17) is 30.0 Å². The normalized spacial score (nSPS) is 25.7. The molecule has 24 heteroatoms. The number of phosphoric ester groups is 1. The number of hydrogen-bond donors (Lipinski definition) is 8. The number of imidazole rings is 2. The number of phosphoric acid groups is 1. The van der Waals surface area contributed by atoms with E-state index < -0.39 is 64.5 Å². The zero-order valence-electron chi connectivity index (χ0n) is 22.4. The van der Waals surface area contributed by atoms with Crippen molar-refractivity contribution in [2.75, 3.05) is 24.7 Å². The van der Waals surface area contributed by atoms with E-state index >= 15 is 0 Å². The van der Waals surface area contributed by atoms with Gasteiger partial charge in [-0.1, -0.05) is 0 Å². The lowest BCUT2D eigenvalue weighted by molar-refractivity contribution is -0.0496. The van der Waals surface area contributed by atoms with Gasteiger partial charge in [-0.3, -0.25) is 37.7 Å². The summed E-state index contributed by atoms with van der Waals surface area (Å²) in [6.45, 7) is -1.02. The molecule has 4 aromatic rings. The Morgan fingerprint density at radius 2 is 1.55 bits per heavy atom. The number of nitrogen functional groups attached to an aromatic ring is 2. The van der Waals surface area contributed by atoms with Crippen LogP contribution in [0.1, 0.15) is 31.7 Å². The Balaban J connectivity index is 1.12. The van der Waals surface area contributed by atoms with E-state index in [0.29, 0.717) is 12.8 Å². The summed E-state index contributed by atoms with van der Waals surface area (Å²) in [4.78, 5) is 83.5. The number of H-pyrrole nitrogens is 2. The molecule has 2 aliphatic rings. The molecule has 5 unspecified atom stereocenters. The number of rotatable bonds is 10. The van der Waals surface area contributed by atoms with E-state index in [9.17, 15) is 33.7 Å². The fourth-order valence-corrected chi connectivity index (χ4v) is 6.33. The quantitative estimate of drug-likeness (QED) is 0.0901. The first-order chi connectivity index (χ1) is 20.8. The number of fused-ring (bicyclic) bond motifs is 2. The fraction of sp³-hybridized carbons (Fsp3) is 0.500. The molecule has 0 spiro atoms. The van der Waals surface area contributed by atoms with Crippen molar-refractivity contribution in [3.8, 4) is 0 Å². The first-order valence-electron chi connectivity index (χ1n) is 12.9. The van der Waals surface area contributed by atoms with Crippen LogP contribution in [0, 0.1) is 0 Å². The lowest BCUT2D eigenvalue weighted by Gasteiger charge is -2.21. The molecule has 22 nitrogen and oxygen atoms in total. The summed E-state index contributed by atoms with van der Waals surface area (Å²) in [5.74, 6) is -0.285. The third-order valence-electron chi connectivity index (χ3n) is 6.89. The summed E-state index contributed by atoms with van der Waals surface area (Å²) in [5, 5.41) is 0. The second-order valence-electron chi connectivity index (χ2n) is 9.92. The van der Waals surface area contributed by atoms with Gasteiger partial charge in [0.2, 0.25) is 11.9 Å². The van der Waals surface area contributed by atoms with E-state index in [1.54, 1.807) is 0 Å². The number of nitrogens with one attached hydrogen (secondary N) is 2. The van der Waals surface area contributed by atoms with Crippen LogP contribution in [0.2, 0.25) is 0 Å².